The number of carbonyl (C=O) groups is 1. The molecule has 0 aliphatic heterocycles. The van der Waals surface area contributed by atoms with Crippen LogP contribution in [0.1, 0.15) is 0 Å². The van der Waals surface area contributed by atoms with E-state index in [-0.39, 0.29) is 0 Å². The number of carbonyl (C=O) groups excluding carboxylic acids is 1. The first-order chi connectivity index (χ1) is 6.72. The number of esters is 1. The van der Waals surface area contributed by atoms with E-state index in [0.717, 1.165) is 0 Å². The molecule has 0 atom stereocenters. The molecule has 0 amide bonds. The zero-order chi connectivity index (χ0) is 10.4. The fourth-order valence-corrected chi connectivity index (χ4v) is 0.783. The summed E-state index contributed by atoms with van der Waals surface area (Å²) in [6, 6.07) is 6.83. The fraction of sp³-hybridized carbons (Fsp3) is 0.100. The highest BCUT2D eigenvalue weighted by atomic mass is 16.5. The predicted octanol–water partition coefficient (Wildman–Crippen LogP) is 1.33. The van der Waals surface area contributed by atoms with Crippen LogP contribution in [-0.4, -0.2) is 13.1 Å². The summed E-state index contributed by atoms with van der Waals surface area (Å²) >= 11 is 0. The standard InChI is InChI=1S/C10H11NO3/c1-13-10(12)6-7-14-9-4-2-8(11)3-5-9/h2-7H,11H2,1H3. The average Bonchev–Trinajstić information content (AvgIpc) is 2.21. The van der Waals surface area contributed by atoms with Crippen molar-refractivity contribution in [1.82, 2.24) is 0 Å². The van der Waals surface area contributed by atoms with Crippen molar-refractivity contribution >= 4 is 11.7 Å². The van der Waals surface area contributed by atoms with Gasteiger partial charge < -0.3 is 15.2 Å². The molecule has 4 heteroatoms. The van der Waals surface area contributed by atoms with Gasteiger partial charge in [-0.1, -0.05) is 0 Å². The summed E-state index contributed by atoms with van der Waals surface area (Å²) in [4.78, 5) is 10.6. The molecule has 1 rings (SSSR count). The third-order valence-electron chi connectivity index (χ3n) is 1.49. The molecule has 0 saturated heterocycles. The molecule has 2 N–H and O–H groups in total. The average molecular weight is 193 g/mol. The van der Waals surface area contributed by atoms with Gasteiger partial charge in [0.05, 0.1) is 19.4 Å². The maximum atomic E-state index is 10.6. The number of nitrogen functional groups attached to an aromatic ring is 1. The van der Waals surface area contributed by atoms with Gasteiger partial charge in [0.2, 0.25) is 0 Å². The van der Waals surface area contributed by atoms with Gasteiger partial charge in [-0.25, -0.2) is 4.79 Å². The van der Waals surface area contributed by atoms with Gasteiger partial charge in [-0.3, -0.25) is 0 Å². The van der Waals surface area contributed by atoms with Gasteiger partial charge in [-0.05, 0) is 24.3 Å². The number of hydrogen-bond donors (Lipinski definition) is 1. The Labute approximate surface area is 81.9 Å². The summed E-state index contributed by atoms with van der Waals surface area (Å²) in [6.45, 7) is 0. The summed E-state index contributed by atoms with van der Waals surface area (Å²) in [6.07, 6.45) is 2.45. The van der Waals surface area contributed by atoms with Crippen molar-refractivity contribution < 1.29 is 14.3 Å². The minimum atomic E-state index is -0.458. The van der Waals surface area contributed by atoms with E-state index in [4.69, 9.17) is 10.5 Å². The monoisotopic (exact) mass is 193 g/mol. The van der Waals surface area contributed by atoms with E-state index in [1.165, 1.54) is 19.4 Å². The van der Waals surface area contributed by atoms with Crippen LogP contribution in [0.25, 0.3) is 0 Å². The molecule has 1 aromatic carbocycles. The Balaban J connectivity index is 2.49. The first kappa shape index (κ1) is 10.1. The maximum absolute atomic E-state index is 10.6. The minimum Gasteiger partial charge on any atom is -0.466 e. The Bertz CT molecular complexity index is 330. The third kappa shape index (κ3) is 3.18. The van der Waals surface area contributed by atoms with Crippen molar-refractivity contribution in [3.63, 3.8) is 0 Å². The first-order valence-corrected chi connectivity index (χ1v) is 3.99. The van der Waals surface area contributed by atoms with Crippen LogP contribution in [0, 0.1) is 0 Å². The van der Waals surface area contributed by atoms with Crippen LogP contribution in [0.5, 0.6) is 5.75 Å². The van der Waals surface area contributed by atoms with Crippen molar-refractivity contribution in [2.75, 3.05) is 12.8 Å². The highest BCUT2D eigenvalue weighted by Crippen LogP contribution is 2.12. The SMILES string of the molecule is COC(=O)C=COc1ccc(N)cc1. The zero-order valence-electron chi connectivity index (χ0n) is 7.77. The van der Waals surface area contributed by atoms with E-state index in [1.54, 1.807) is 24.3 Å². The van der Waals surface area contributed by atoms with Gasteiger partial charge in [0, 0.05) is 5.69 Å². The van der Waals surface area contributed by atoms with Crippen LogP contribution in [0.2, 0.25) is 0 Å². The number of rotatable bonds is 3. The second-order valence-corrected chi connectivity index (χ2v) is 2.51. The van der Waals surface area contributed by atoms with Crippen LogP contribution >= 0.6 is 0 Å². The Kier molecular flexibility index (Phi) is 3.55. The Morgan fingerprint density at radius 2 is 2.00 bits per heavy atom. The quantitative estimate of drug-likeness (QED) is 0.340. The molecule has 0 radical (unpaired) electrons. The summed E-state index contributed by atoms with van der Waals surface area (Å²) in [5.41, 5.74) is 6.14. The van der Waals surface area contributed by atoms with Crippen LogP contribution in [0.4, 0.5) is 5.69 Å². The lowest BCUT2D eigenvalue weighted by atomic mass is 10.3. The second-order valence-electron chi connectivity index (χ2n) is 2.51. The maximum Gasteiger partial charge on any atom is 0.333 e. The molecular formula is C10H11NO3. The number of nitrogens with two attached hydrogens (primary N) is 1. The van der Waals surface area contributed by atoms with Crippen molar-refractivity contribution in [3.8, 4) is 5.75 Å². The summed E-state index contributed by atoms with van der Waals surface area (Å²) in [5, 5.41) is 0. The van der Waals surface area contributed by atoms with Gasteiger partial charge >= 0.3 is 5.97 Å². The topological polar surface area (TPSA) is 61.5 Å². The van der Waals surface area contributed by atoms with Crippen molar-refractivity contribution in [1.29, 1.82) is 0 Å². The molecule has 0 aliphatic rings. The molecule has 0 spiro atoms. The highest BCUT2D eigenvalue weighted by molar-refractivity contribution is 5.81. The fourth-order valence-electron chi connectivity index (χ4n) is 0.783. The largest absolute Gasteiger partial charge is 0.466 e. The molecule has 4 nitrogen and oxygen atoms in total. The van der Waals surface area contributed by atoms with E-state index in [2.05, 4.69) is 4.74 Å². The van der Waals surface area contributed by atoms with Crippen LogP contribution in [0.15, 0.2) is 36.6 Å². The van der Waals surface area contributed by atoms with Gasteiger partial charge in [-0.2, -0.15) is 0 Å². The molecule has 0 bridgehead atoms. The highest BCUT2D eigenvalue weighted by Gasteiger charge is 1.92. The molecule has 14 heavy (non-hydrogen) atoms. The Morgan fingerprint density at radius 3 is 2.57 bits per heavy atom. The van der Waals surface area contributed by atoms with E-state index in [1.807, 2.05) is 0 Å². The van der Waals surface area contributed by atoms with Crippen molar-refractivity contribution in [2.45, 2.75) is 0 Å². The normalized spacial score (nSPS) is 10.1. The predicted molar refractivity (Wildman–Crippen MR) is 52.6 cm³/mol. The molecule has 0 aliphatic carbocycles. The molecule has 0 saturated carbocycles. The Hall–Kier alpha value is -1.97. The molecule has 0 fully saturated rings. The van der Waals surface area contributed by atoms with E-state index < -0.39 is 5.97 Å². The second kappa shape index (κ2) is 4.91. The van der Waals surface area contributed by atoms with Gasteiger partial charge in [-0.15, -0.1) is 0 Å². The van der Waals surface area contributed by atoms with Crippen LogP contribution < -0.4 is 10.5 Å². The van der Waals surface area contributed by atoms with Crippen LogP contribution in [0.3, 0.4) is 0 Å². The molecule has 1 aromatic rings. The summed E-state index contributed by atoms with van der Waals surface area (Å²) < 4.78 is 9.48. The zero-order valence-corrected chi connectivity index (χ0v) is 7.77. The summed E-state index contributed by atoms with van der Waals surface area (Å²) in [7, 11) is 1.30. The lowest BCUT2D eigenvalue weighted by Gasteiger charge is -1.99. The van der Waals surface area contributed by atoms with Crippen molar-refractivity contribution in [2.24, 2.45) is 0 Å². The molecule has 0 aromatic heterocycles. The molecule has 74 valence electrons. The summed E-state index contributed by atoms with van der Waals surface area (Å²) in [5.74, 6) is 0.153. The number of benzene rings is 1. The van der Waals surface area contributed by atoms with E-state index in [0.29, 0.717) is 11.4 Å². The molecular weight excluding hydrogens is 182 g/mol. The minimum absolute atomic E-state index is 0.458. The van der Waals surface area contributed by atoms with Gasteiger partial charge in [0.15, 0.2) is 0 Å². The first-order valence-electron chi connectivity index (χ1n) is 3.99. The molecule has 0 heterocycles. The van der Waals surface area contributed by atoms with E-state index in [9.17, 15) is 4.79 Å². The lowest BCUT2D eigenvalue weighted by molar-refractivity contribution is -0.134. The smallest absolute Gasteiger partial charge is 0.333 e. The van der Waals surface area contributed by atoms with E-state index >= 15 is 0 Å². The third-order valence-corrected chi connectivity index (χ3v) is 1.49. The number of methoxy groups -OCH3 is 1. The number of anilines is 1. The number of hydrogen-bond acceptors (Lipinski definition) is 4. The van der Waals surface area contributed by atoms with Gasteiger partial charge in [0.1, 0.15) is 5.75 Å². The van der Waals surface area contributed by atoms with Crippen molar-refractivity contribution in [3.05, 3.63) is 36.6 Å². The lowest BCUT2D eigenvalue weighted by Crippen LogP contribution is -1.95. The Morgan fingerprint density at radius 1 is 1.36 bits per heavy atom. The molecule has 0 unspecified atom stereocenters. The number of ether oxygens (including phenoxy) is 2. The van der Waals surface area contributed by atoms with Gasteiger partial charge in [0.25, 0.3) is 0 Å². The van der Waals surface area contributed by atoms with Crippen LogP contribution in [-0.2, 0) is 9.53 Å².